The molecule has 4 rings (SSSR count). The Labute approximate surface area is 221 Å². The molecule has 2 aliphatic rings. The highest BCUT2D eigenvalue weighted by atomic mass is 19.4. The van der Waals surface area contributed by atoms with Crippen LogP contribution in [0.1, 0.15) is 48.2 Å². The van der Waals surface area contributed by atoms with Crippen molar-refractivity contribution in [1.29, 1.82) is 0 Å². The zero-order valence-corrected chi connectivity index (χ0v) is 21.7. The van der Waals surface area contributed by atoms with Gasteiger partial charge in [-0.1, -0.05) is 24.3 Å². The van der Waals surface area contributed by atoms with E-state index in [0.717, 1.165) is 19.8 Å². The van der Waals surface area contributed by atoms with E-state index in [1.54, 1.807) is 24.0 Å². The Kier molecular flexibility index (Phi) is 8.88. The second-order valence-corrected chi connectivity index (χ2v) is 10.1. The largest absolute Gasteiger partial charge is 0.403 e. The van der Waals surface area contributed by atoms with Crippen molar-refractivity contribution in [2.45, 2.75) is 64.1 Å². The first kappa shape index (κ1) is 27.8. The minimum Gasteiger partial charge on any atom is -0.367 e. The predicted octanol–water partition coefficient (Wildman–Crippen LogP) is 3.16. The van der Waals surface area contributed by atoms with E-state index < -0.39 is 18.3 Å². The first-order chi connectivity index (χ1) is 18.1. The van der Waals surface area contributed by atoms with E-state index in [4.69, 9.17) is 0 Å². The summed E-state index contributed by atoms with van der Waals surface area (Å²) in [6.07, 6.45) is -1.29. The van der Waals surface area contributed by atoms with Crippen LogP contribution in [0.25, 0.3) is 0 Å². The Morgan fingerprint density at radius 2 is 1.76 bits per heavy atom. The maximum atomic E-state index is 13.3. The van der Waals surface area contributed by atoms with E-state index in [-0.39, 0.29) is 24.4 Å². The van der Waals surface area contributed by atoms with Crippen LogP contribution in [-0.2, 0) is 17.9 Å². The fraction of sp³-hybridized carbons (Fsp3) is 0.519. The third-order valence-corrected chi connectivity index (χ3v) is 7.19. The number of alkyl halides is 3. The van der Waals surface area contributed by atoms with Crippen molar-refractivity contribution >= 4 is 17.6 Å². The number of nitrogens with zero attached hydrogens (tertiary/aromatic N) is 3. The first-order valence-electron chi connectivity index (χ1n) is 13.0. The lowest BCUT2D eigenvalue weighted by Gasteiger charge is -2.32. The van der Waals surface area contributed by atoms with Gasteiger partial charge in [0.15, 0.2) is 0 Å². The van der Waals surface area contributed by atoms with Crippen LogP contribution in [0.3, 0.4) is 0 Å². The number of rotatable bonds is 9. The monoisotopic (exact) mass is 532 g/mol. The van der Waals surface area contributed by atoms with Crippen molar-refractivity contribution in [3.63, 3.8) is 0 Å². The van der Waals surface area contributed by atoms with Crippen molar-refractivity contribution in [2.24, 2.45) is 0 Å². The zero-order valence-electron chi connectivity index (χ0n) is 21.7. The summed E-state index contributed by atoms with van der Waals surface area (Å²) < 4.78 is 39.9. The maximum Gasteiger partial charge on any atom is 0.403 e. The number of aromatic nitrogens is 1. The summed E-state index contributed by atoms with van der Waals surface area (Å²) in [6, 6.07) is 9.02. The highest BCUT2D eigenvalue weighted by molar-refractivity contribution is 5.94. The van der Waals surface area contributed by atoms with Gasteiger partial charge >= 0.3 is 6.18 Å². The number of nitrogens with one attached hydrogen (secondary N) is 3. The lowest BCUT2D eigenvalue weighted by Crippen LogP contribution is -2.53. The molecule has 1 fully saturated rings. The fourth-order valence-corrected chi connectivity index (χ4v) is 4.99. The van der Waals surface area contributed by atoms with Gasteiger partial charge in [-0.05, 0) is 43.0 Å². The van der Waals surface area contributed by atoms with Gasteiger partial charge in [-0.15, -0.1) is 0 Å². The summed E-state index contributed by atoms with van der Waals surface area (Å²) in [7, 11) is 0. The fourth-order valence-electron chi connectivity index (χ4n) is 4.99. The molecule has 3 N–H and O–H groups in total. The molecule has 206 valence electrons. The van der Waals surface area contributed by atoms with Crippen molar-refractivity contribution in [3.05, 3.63) is 59.3 Å². The van der Waals surface area contributed by atoms with Crippen LogP contribution in [-0.4, -0.2) is 77.1 Å². The Bertz CT molecular complexity index is 1090. The van der Waals surface area contributed by atoms with Gasteiger partial charge in [-0.25, -0.2) is 4.98 Å². The van der Waals surface area contributed by atoms with Crippen LogP contribution in [0.2, 0.25) is 0 Å². The molecule has 38 heavy (non-hydrogen) atoms. The molecule has 2 amide bonds. The SMILES string of the molecule is CC(=O)N1CCC(Nc2cc(C(=O)NC[C@@H](CN3Cc4ccccc4C3)NC(C)C(F)(F)F)ccn2)CC1. The standard InChI is InChI=1S/C27H35F3N6O2/c1-18(27(28,29)30)33-24(17-35-15-21-5-3-4-6-22(21)16-35)14-32-26(38)20-7-10-31-25(13-20)34-23-8-11-36(12-9-23)19(2)37/h3-7,10,13,18,23-24,33H,8-9,11-12,14-17H2,1-2H3,(H,31,34)(H,32,38)/t18?,24-/m0/s1. The Balaban J connectivity index is 1.34. The molecule has 3 heterocycles. The molecule has 8 nitrogen and oxygen atoms in total. The quantitative estimate of drug-likeness (QED) is 0.460. The molecule has 1 unspecified atom stereocenters. The van der Waals surface area contributed by atoms with E-state index in [0.29, 0.717) is 44.1 Å². The lowest BCUT2D eigenvalue weighted by molar-refractivity contribution is -0.153. The molecule has 0 bridgehead atoms. The van der Waals surface area contributed by atoms with E-state index in [1.165, 1.54) is 17.3 Å². The molecular weight excluding hydrogens is 497 g/mol. The number of halogens is 3. The molecule has 11 heteroatoms. The summed E-state index contributed by atoms with van der Waals surface area (Å²) >= 11 is 0. The van der Waals surface area contributed by atoms with Gasteiger partial charge in [-0.2, -0.15) is 13.2 Å². The summed E-state index contributed by atoms with van der Waals surface area (Å²) in [4.78, 5) is 32.7. The Morgan fingerprint density at radius 3 is 2.37 bits per heavy atom. The van der Waals surface area contributed by atoms with Crippen molar-refractivity contribution in [2.75, 3.05) is 31.5 Å². The molecule has 0 aliphatic carbocycles. The van der Waals surface area contributed by atoms with Gasteiger partial charge in [0, 0.05) is 70.0 Å². The highest BCUT2D eigenvalue weighted by Gasteiger charge is 2.37. The molecule has 0 radical (unpaired) electrons. The van der Waals surface area contributed by atoms with Gasteiger partial charge in [0.05, 0.1) is 0 Å². The van der Waals surface area contributed by atoms with Crippen LogP contribution < -0.4 is 16.0 Å². The first-order valence-corrected chi connectivity index (χ1v) is 13.0. The van der Waals surface area contributed by atoms with Gasteiger partial charge in [0.2, 0.25) is 5.91 Å². The maximum absolute atomic E-state index is 13.3. The summed E-state index contributed by atoms with van der Waals surface area (Å²) in [5.74, 6) is 0.235. The number of anilines is 1. The van der Waals surface area contributed by atoms with Crippen molar-refractivity contribution in [3.8, 4) is 0 Å². The van der Waals surface area contributed by atoms with Crippen LogP contribution in [0, 0.1) is 0 Å². The third kappa shape index (κ3) is 7.44. The van der Waals surface area contributed by atoms with Crippen molar-refractivity contribution < 1.29 is 22.8 Å². The molecule has 1 aromatic heterocycles. The second kappa shape index (κ2) is 12.1. The van der Waals surface area contributed by atoms with Crippen LogP contribution >= 0.6 is 0 Å². The van der Waals surface area contributed by atoms with E-state index in [9.17, 15) is 22.8 Å². The number of carbonyl (C=O) groups is 2. The van der Waals surface area contributed by atoms with Crippen LogP contribution in [0.15, 0.2) is 42.6 Å². The van der Waals surface area contributed by atoms with Crippen LogP contribution in [0.5, 0.6) is 0 Å². The third-order valence-electron chi connectivity index (χ3n) is 7.19. The number of likely N-dealkylation sites (tertiary alicyclic amines) is 1. The number of benzene rings is 1. The number of carbonyl (C=O) groups excluding carboxylic acids is 2. The molecule has 1 aromatic carbocycles. The number of pyridine rings is 1. The van der Waals surface area contributed by atoms with Gasteiger partial charge in [0.25, 0.3) is 5.91 Å². The summed E-state index contributed by atoms with van der Waals surface area (Å²) in [5.41, 5.74) is 2.71. The molecule has 2 aromatic rings. The zero-order chi connectivity index (χ0) is 27.3. The number of piperidine rings is 1. The average molecular weight is 533 g/mol. The molecular formula is C27H35F3N6O2. The second-order valence-electron chi connectivity index (χ2n) is 10.1. The smallest absolute Gasteiger partial charge is 0.367 e. The lowest BCUT2D eigenvalue weighted by atomic mass is 10.0. The average Bonchev–Trinajstić information content (AvgIpc) is 3.29. The van der Waals surface area contributed by atoms with Crippen molar-refractivity contribution in [1.82, 2.24) is 25.4 Å². The number of hydrogen-bond donors (Lipinski definition) is 3. The highest BCUT2D eigenvalue weighted by Crippen LogP contribution is 2.24. The predicted molar refractivity (Wildman–Crippen MR) is 138 cm³/mol. The van der Waals surface area contributed by atoms with E-state index >= 15 is 0 Å². The van der Waals surface area contributed by atoms with E-state index in [2.05, 4.69) is 25.8 Å². The minimum absolute atomic E-state index is 0.0424. The van der Waals surface area contributed by atoms with Gasteiger partial charge < -0.3 is 20.9 Å². The van der Waals surface area contributed by atoms with Gasteiger partial charge in [-0.3, -0.25) is 14.5 Å². The molecule has 0 saturated carbocycles. The summed E-state index contributed by atoms with van der Waals surface area (Å²) in [6.45, 7) is 5.71. The Hall–Kier alpha value is -3.18. The number of amides is 2. The number of fused-ring (bicyclic) bond motifs is 1. The molecule has 0 spiro atoms. The molecule has 2 aliphatic heterocycles. The summed E-state index contributed by atoms with van der Waals surface area (Å²) in [5, 5.41) is 8.79. The molecule has 1 saturated heterocycles. The minimum atomic E-state index is -4.39. The number of hydrogen-bond acceptors (Lipinski definition) is 6. The van der Waals surface area contributed by atoms with Crippen LogP contribution in [0.4, 0.5) is 19.0 Å². The molecule has 2 atom stereocenters. The van der Waals surface area contributed by atoms with E-state index in [1.807, 2.05) is 24.3 Å². The normalized spacial score (nSPS) is 18.1. The Morgan fingerprint density at radius 1 is 1.11 bits per heavy atom. The van der Waals surface area contributed by atoms with Gasteiger partial charge in [0.1, 0.15) is 11.9 Å². The topological polar surface area (TPSA) is 89.6 Å².